The first-order chi connectivity index (χ1) is 7.52. The van der Waals surface area contributed by atoms with Crippen LogP contribution in [0.25, 0.3) is 0 Å². The molecule has 1 aromatic carbocycles. The zero-order valence-electron chi connectivity index (χ0n) is 8.78. The van der Waals surface area contributed by atoms with Crippen molar-refractivity contribution in [1.82, 2.24) is 0 Å². The number of hydrogen-bond acceptors (Lipinski definition) is 4. The lowest BCUT2D eigenvalue weighted by Crippen LogP contribution is -2.29. The molecule has 0 saturated heterocycles. The Hall–Kier alpha value is -1.98. The van der Waals surface area contributed by atoms with E-state index in [1.165, 1.54) is 6.92 Å². The van der Waals surface area contributed by atoms with E-state index in [1.54, 1.807) is 30.3 Å². The van der Waals surface area contributed by atoms with E-state index >= 15 is 0 Å². The SMILES string of the molecule is C[C@H]([C@@H](C[N+](=O)[O-])c1ccccc1)[N+](=O)[O-]. The van der Waals surface area contributed by atoms with E-state index < -0.39 is 28.4 Å². The van der Waals surface area contributed by atoms with Crippen molar-refractivity contribution in [2.75, 3.05) is 6.54 Å². The van der Waals surface area contributed by atoms with E-state index in [9.17, 15) is 20.2 Å². The Bertz CT molecular complexity index is 380. The van der Waals surface area contributed by atoms with Gasteiger partial charge >= 0.3 is 0 Å². The third kappa shape index (κ3) is 3.01. The molecule has 0 saturated carbocycles. The molecule has 0 aromatic heterocycles. The van der Waals surface area contributed by atoms with Gasteiger partial charge in [0.25, 0.3) is 0 Å². The van der Waals surface area contributed by atoms with Crippen LogP contribution in [0, 0.1) is 20.2 Å². The molecular formula is C10H12N2O4. The van der Waals surface area contributed by atoms with Gasteiger partial charge in [-0.1, -0.05) is 30.3 Å². The average molecular weight is 224 g/mol. The largest absolute Gasteiger partial charge is 0.265 e. The molecule has 0 unspecified atom stereocenters. The van der Waals surface area contributed by atoms with E-state index in [4.69, 9.17) is 0 Å². The molecule has 0 aliphatic carbocycles. The molecular weight excluding hydrogens is 212 g/mol. The summed E-state index contributed by atoms with van der Waals surface area (Å²) in [5.41, 5.74) is 0.628. The maximum atomic E-state index is 10.7. The Morgan fingerprint density at radius 3 is 2.19 bits per heavy atom. The lowest BCUT2D eigenvalue weighted by atomic mass is 9.93. The van der Waals surface area contributed by atoms with Crippen LogP contribution >= 0.6 is 0 Å². The van der Waals surface area contributed by atoms with Gasteiger partial charge in [-0.15, -0.1) is 0 Å². The second kappa shape index (κ2) is 5.20. The van der Waals surface area contributed by atoms with Crippen LogP contribution in [0.3, 0.4) is 0 Å². The third-order valence-electron chi connectivity index (χ3n) is 2.49. The molecule has 0 heterocycles. The lowest BCUT2D eigenvalue weighted by molar-refractivity contribution is -0.543. The molecule has 1 rings (SSSR count). The minimum Gasteiger partial charge on any atom is -0.265 e. The van der Waals surface area contributed by atoms with E-state index in [0.29, 0.717) is 5.56 Å². The molecule has 6 nitrogen and oxygen atoms in total. The van der Waals surface area contributed by atoms with Crippen molar-refractivity contribution in [2.24, 2.45) is 0 Å². The molecule has 0 N–H and O–H groups in total. The summed E-state index contributed by atoms with van der Waals surface area (Å²) in [4.78, 5) is 20.2. The van der Waals surface area contributed by atoms with Crippen molar-refractivity contribution < 1.29 is 9.85 Å². The van der Waals surface area contributed by atoms with Crippen molar-refractivity contribution in [3.63, 3.8) is 0 Å². The van der Waals surface area contributed by atoms with Gasteiger partial charge in [-0.25, -0.2) is 0 Å². The molecule has 2 atom stereocenters. The molecule has 0 aliphatic rings. The summed E-state index contributed by atoms with van der Waals surface area (Å²) in [5, 5.41) is 21.2. The fourth-order valence-corrected chi connectivity index (χ4v) is 1.54. The monoisotopic (exact) mass is 224 g/mol. The third-order valence-corrected chi connectivity index (χ3v) is 2.49. The fourth-order valence-electron chi connectivity index (χ4n) is 1.54. The molecule has 0 radical (unpaired) electrons. The summed E-state index contributed by atoms with van der Waals surface area (Å²) >= 11 is 0. The van der Waals surface area contributed by atoms with Crippen LogP contribution in [0.2, 0.25) is 0 Å². The number of rotatable bonds is 5. The smallest absolute Gasteiger partial charge is 0.223 e. The summed E-state index contributed by atoms with van der Waals surface area (Å²) in [5.74, 6) is -0.689. The van der Waals surface area contributed by atoms with Gasteiger partial charge in [-0.05, 0) is 5.56 Å². The summed E-state index contributed by atoms with van der Waals surface area (Å²) in [6.07, 6.45) is 0. The molecule has 0 bridgehead atoms. The Labute approximate surface area is 92.2 Å². The standard InChI is InChI=1S/C10H12N2O4/c1-8(12(15)16)10(7-11(13)14)9-5-3-2-4-6-9/h2-6,8,10H,7H2,1H3/t8-,10-/m1/s1. The van der Waals surface area contributed by atoms with E-state index in [2.05, 4.69) is 0 Å². The van der Waals surface area contributed by atoms with Crippen LogP contribution in [0.4, 0.5) is 0 Å². The first-order valence-corrected chi connectivity index (χ1v) is 4.82. The normalized spacial score (nSPS) is 14.1. The molecule has 0 amide bonds. The maximum Gasteiger partial charge on any atom is 0.223 e. The predicted molar refractivity (Wildman–Crippen MR) is 57.5 cm³/mol. The van der Waals surface area contributed by atoms with Gasteiger partial charge in [-0.3, -0.25) is 20.2 Å². The average Bonchev–Trinajstić information content (AvgIpc) is 2.26. The Balaban J connectivity index is 2.96. The van der Waals surface area contributed by atoms with Gasteiger partial charge in [-0.2, -0.15) is 0 Å². The minimum absolute atomic E-state index is 0.424. The first-order valence-electron chi connectivity index (χ1n) is 4.82. The van der Waals surface area contributed by atoms with Gasteiger partial charge < -0.3 is 0 Å². The van der Waals surface area contributed by atoms with Crippen molar-refractivity contribution in [3.05, 3.63) is 56.1 Å². The molecule has 6 heteroatoms. The van der Waals surface area contributed by atoms with E-state index in [0.717, 1.165) is 0 Å². The van der Waals surface area contributed by atoms with Gasteiger partial charge in [0, 0.05) is 16.8 Å². The molecule has 0 fully saturated rings. The number of benzene rings is 1. The van der Waals surface area contributed by atoms with Crippen LogP contribution in [0.15, 0.2) is 30.3 Å². The Morgan fingerprint density at radius 2 is 1.75 bits per heavy atom. The summed E-state index contributed by atoms with van der Waals surface area (Å²) in [6, 6.07) is 7.59. The lowest BCUT2D eigenvalue weighted by Gasteiger charge is -2.14. The van der Waals surface area contributed by atoms with Crippen LogP contribution in [0.5, 0.6) is 0 Å². The zero-order valence-corrected chi connectivity index (χ0v) is 8.78. The van der Waals surface area contributed by atoms with Crippen molar-refractivity contribution >= 4 is 0 Å². The first kappa shape index (κ1) is 12.1. The highest BCUT2D eigenvalue weighted by Crippen LogP contribution is 2.21. The van der Waals surface area contributed by atoms with Crippen LogP contribution in [0.1, 0.15) is 18.4 Å². The quantitative estimate of drug-likeness (QED) is 0.562. The summed E-state index contributed by atoms with van der Waals surface area (Å²) < 4.78 is 0. The van der Waals surface area contributed by atoms with Gasteiger partial charge in [0.2, 0.25) is 12.6 Å². The number of nitro groups is 2. The second-order valence-electron chi connectivity index (χ2n) is 3.56. The maximum absolute atomic E-state index is 10.7. The van der Waals surface area contributed by atoms with Crippen molar-refractivity contribution in [2.45, 2.75) is 18.9 Å². The predicted octanol–water partition coefficient (Wildman–Crippen LogP) is 1.71. The Kier molecular flexibility index (Phi) is 3.93. The summed E-state index contributed by atoms with van der Waals surface area (Å²) in [6.45, 7) is 0.966. The molecule has 0 aliphatic heterocycles. The van der Waals surface area contributed by atoms with Crippen molar-refractivity contribution in [1.29, 1.82) is 0 Å². The molecule has 1 aromatic rings. The molecule has 86 valence electrons. The highest BCUT2D eigenvalue weighted by Gasteiger charge is 2.32. The highest BCUT2D eigenvalue weighted by atomic mass is 16.6. The molecule has 0 spiro atoms. The van der Waals surface area contributed by atoms with E-state index in [1.807, 2.05) is 0 Å². The summed E-state index contributed by atoms with van der Waals surface area (Å²) in [7, 11) is 0. The van der Waals surface area contributed by atoms with Crippen LogP contribution in [-0.4, -0.2) is 22.4 Å². The minimum atomic E-state index is -0.965. The van der Waals surface area contributed by atoms with Crippen molar-refractivity contribution in [3.8, 4) is 0 Å². The van der Waals surface area contributed by atoms with E-state index in [-0.39, 0.29) is 0 Å². The highest BCUT2D eigenvalue weighted by molar-refractivity contribution is 5.20. The van der Waals surface area contributed by atoms with Gasteiger partial charge in [0.15, 0.2) is 0 Å². The topological polar surface area (TPSA) is 86.3 Å². The van der Waals surface area contributed by atoms with Gasteiger partial charge in [0.05, 0.1) is 0 Å². The number of hydrogen-bond donors (Lipinski definition) is 0. The second-order valence-corrected chi connectivity index (χ2v) is 3.56. The number of nitrogens with zero attached hydrogens (tertiary/aromatic N) is 2. The Morgan fingerprint density at radius 1 is 1.19 bits per heavy atom. The van der Waals surface area contributed by atoms with Gasteiger partial charge in [0.1, 0.15) is 5.92 Å². The van der Waals surface area contributed by atoms with Crippen LogP contribution in [-0.2, 0) is 0 Å². The molecule has 16 heavy (non-hydrogen) atoms. The van der Waals surface area contributed by atoms with Crippen LogP contribution < -0.4 is 0 Å². The fraction of sp³-hybridized carbons (Fsp3) is 0.400. The zero-order chi connectivity index (χ0) is 12.1.